The molecule has 0 aliphatic carbocycles. The standard InChI is InChI=1S/C15H26N4O/c1-9(2)13-18-14(16-5)10(3)15(19-13)17-11(4)12-6-7-20-8-12/h9,11-12H,6-8H2,1-5H3,(H2,16,17,18,19). The minimum atomic E-state index is 0.313. The quantitative estimate of drug-likeness (QED) is 0.867. The maximum absolute atomic E-state index is 5.47. The fraction of sp³-hybridized carbons (Fsp3) is 0.733. The van der Waals surface area contributed by atoms with Crippen molar-refractivity contribution in [2.45, 2.75) is 46.1 Å². The van der Waals surface area contributed by atoms with Crippen LogP contribution < -0.4 is 10.6 Å². The second-order valence-electron chi connectivity index (χ2n) is 5.87. The molecule has 2 rings (SSSR count). The topological polar surface area (TPSA) is 59.1 Å². The number of nitrogens with one attached hydrogen (secondary N) is 2. The highest BCUT2D eigenvalue weighted by Crippen LogP contribution is 2.26. The molecule has 0 radical (unpaired) electrons. The van der Waals surface area contributed by atoms with E-state index in [1.165, 1.54) is 0 Å². The molecule has 0 bridgehead atoms. The Bertz CT molecular complexity index is 455. The van der Waals surface area contributed by atoms with Gasteiger partial charge in [-0.25, -0.2) is 9.97 Å². The lowest BCUT2D eigenvalue weighted by molar-refractivity contribution is 0.183. The van der Waals surface area contributed by atoms with Crippen LogP contribution in [-0.2, 0) is 4.74 Å². The Morgan fingerprint density at radius 3 is 2.45 bits per heavy atom. The van der Waals surface area contributed by atoms with Gasteiger partial charge in [0.15, 0.2) is 0 Å². The largest absolute Gasteiger partial charge is 0.381 e. The summed E-state index contributed by atoms with van der Waals surface area (Å²) >= 11 is 0. The number of hydrogen-bond acceptors (Lipinski definition) is 5. The van der Waals surface area contributed by atoms with Gasteiger partial charge in [-0.15, -0.1) is 0 Å². The van der Waals surface area contributed by atoms with Crippen molar-refractivity contribution in [3.8, 4) is 0 Å². The van der Waals surface area contributed by atoms with Crippen LogP contribution in [-0.4, -0.2) is 36.3 Å². The van der Waals surface area contributed by atoms with Crippen LogP contribution in [0.15, 0.2) is 0 Å². The molecule has 5 nitrogen and oxygen atoms in total. The summed E-state index contributed by atoms with van der Waals surface area (Å²) < 4.78 is 5.47. The van der Waals surface area contributed by atoms with Crippen molar-refractivity contribution in [2.24, 2.45) is 5.92 Å². The Morgan fingerprint density at radius 2 is 1.90 bits per heavy atom. The third-order valence-corrected chi connectivity index (χ3v) is 3.95. The lowest BCUT2D eigenvalue weighted by atomic mass is 10.0. The van der Waals surface area contributed by atoms with Gasteiger partial charge >= 0.3 is 0 Å². The van der Waals surface area contributed by atoms with Gasteiger partial charge < -0.3 is 15.4 Å². The molecule has 1 saturated heterocycles. The van der Waals surface area contributed by atoms with Gasteiger partial charge in [0.05, 0.1) is 6.61 Å². The van der Waals surface area contributed by atoms with Crippen molar-refractivity contribution in [3.63, 3.8) is 0 Å². The molecule has 0 saturated carbocycles. The molecule has 20 heavy (non-hydrogen) atoms. The zero-order valence-corrected chi connectivity index (χ0v) is 13.2. The molecule has 2 unspecified atom stereocenters. The number of rotatable bonds is 5. The minimum Gasteiger partial charge on any atom is -0.381 e. The zero-order valence-electron chi connectivity index (χ0n) is 13.2. The number of nitrogens with zero attached hydrogens (tertiary/aromatic N) is 2. The van der Waals surface area contributed by atoms with Crippen molar-refractivity contribution in [1.29, 1.82) is 0 Å². The van der Waals surface area contributed by atoms with Crippen molar-refractivity contribution < 1.29 is 4.74 Å². The van der Waals surface area contributed by atoms with E-state index in [0.29, 0.717) is 17.9 Å². The molecule has 1 fully saturated rings. The van der Waals surface area contributed by atoms with Crippen LogP contribution >= 0.6 is 0 Å². The van der Waals surface area contributed by atoms with E-state index < -0.39 is 0 Å². The third-order valence-electron chi connectivity index (χ3n) is 3.95. The Balaban J connectivity index is 2.22. The average molecular weight is 278 g/mol. The molecular weight excluding hydrogens is 252 g/mol. The van der Waals surface area contributed by atoms with Crippen molar-refractivity contribution >= 4 is 11.6 Å². The zero-order chi connectivity index (χ0) is 14.7. The Morgan fingerprint density at radius 1 is 1.20 bits per heavy atom. The first-order valence-corrected chi connectivity index (χ1v) is 7.43. The molecule has 2 atom stereocenters. The highest BCUT2D eigenvalue weighted by atomic mass is 16.5. The van der Waals surface area contributed by atoms with E-state index in [1.807, 2.05) is 7.05 Å². The summed E-state index contributed by atoms with van der Waals surface area (Å²) in [5, 5.41) is 6.71. The minimum absolute atomic E-state index is 0.313. The highest BCUT2D eigenvalue weighted by Gasteiger charge is 2.23. The Hall–Kier alpha value is -1.36. The van der Waals surface area contributed by atoms with Crippen LogP contribution in [0.2, 0.25) is 0 Å². The Kier molecular flexibility index (Phi) is 4.81. The van der Waals surface area contributed by atoms with Gasteiger partial charge in [0.1, 0.15) is 17.5 Å². The summed E-state index contributed by atoms with van der Waals surface area (Å²) in [5.41, 5.74) is 1.07. The smallest absolute Gasteiger partial charge is 0.135 e. The number of aromatic nitrogens is 2. The first-order chi connectivity index (χ1) is 9.52. The summed E-state index contributed by atoms with van der Waals surface area (Å²) in [5.74, 6) is 3.59. The molecule has 0 aromatic carbocycles. The average Bonchev–Trinajstić information content (AvgIpc) is 2.94. The van der Waals surface area contributed by atoms with E-state index in [-0.39, 0.29) is 0 Å². The molecule has 1 aromatic rings. The molecule has 2 heterocycles. The Labute approximate surface area is 121 Å². The van der Waals surface area contributed by atoms with E-state index in [1.54, 1.807) is 0 Å². The molecule has 1 aromatic heterocycles. The summed E-state index contributed by atoms with van der Waals surface area (Å²) in [6, 6.07) is 0.357. The van der Waals surface area contributed by atoms with Gasteiger partial charge in [0.25, 0.3) is 0 Å². The summed E-state index contributed by atoms with van der Waals surface area (Å²) in [6.07, 6.45) is 1.12. The maximum atomic E-state index is 5.47. The van der Waals surface area contributed by atoms with Crippen molar-refractivity contribution in [2.75, 3.05) is 30.9 Å². The SMILES string of the molecule is CNc1nc(C(C)C)nc(NC(C)C2CCOC2)c1C. The first kappa shape index (κ1) is 15.0. The van der Waals surface area contributed by atoms with E-state index in [4.69, 9.17) is 4.74 Å². The molecule has 0 amide bonds. The van der Waals surface area contributed by atoms with Crippen LogP contribution in [0.25, 0.3) is 0 Å². The lowest BCUT2D eigenvalue weighted by Gasteiger charge is -2.22. The normalized spacial score (nSPS) is 20.2. The third kappa shape index (κ3) is 3.20. The summed E-state index contributed by atoms with van der Waals surface area (Å²) in [6.45, 7) is 10.2. The van der Waals surface area contributed by atoms with Crippen LogP contribution in [0.4, 0.5) is 11.6 Å². The number of anilines is 2. The predicted octanol–water partition coefficient (Wildman–Crippen LogP) is 2.79. The molecule has 1 aliphatic heterocycles. The lowest BCUT2D eigenvalue weighted by Crippen LogP contribution is -2.27. The van der Waals surface area contributed by atoms with Crippen LogP contribution in [0.3, 0.4) is 0 Å². The van der Waals surface area contributed by atoms with Crippen molar-refractivity contribution in [3.05, 3.63) is 11.4 Å². The van der Waals surface area contributed by atoms with E-state index in [2.05, 4.69) is 48.3 Å². The van der Waals surface area contributed by atoms with Gasteiger partial charge in [-0.1, -0.05) is 13.8 Å². The first-order valence-electron chi connectivity index (χ1n) is 7.43. The van der Waals surface area contributed by atoms with Gasteiger partial charge in [0, 0.05) is 37.1 Å². The molecule has 2 N–H and O–H groups in total. The summed E-state index contributed by atoms with van der Waals surface area (Å²) in [4.78, 5) is 9.26. The van der Waals surface area contributed by atoms with Crippen LogP contribution in [0, 0.1) is 12.8 Å². The van der Waals surface area contributed by atoms with Crippen LogP contribution in [0.1, 0.15) is 44.5 Å². The predicted molar refractivity (Wildman–Crippen MR) is 82.4 cm³/mol. The van der Waals surface area contributed by atoms with Gasteiger partial charge in [-0.05, 0) is 20.3 Å². The summed E-state index contributed by atoms with van der Waals surface area (Å²) in [7, 11) is 1.90. The van der Waals surface area contributed by atoms with Crippen molar-refractivity contribution in [1.82, 2.24) is 9.97 Å². The fourth-order valence-corrected chi connectivity index (χ4v) is 2.46. The van der Waals surface area contributed by atoms with Gasteiger partial charge in [-0.2, -0.15) is 0 Å². The monoisotopic (exact) mass is 278 g/mol. The van der Waals surface area contributed by atoms with Crippen LogP contribution in [0.5, 0.6) is 0 Å². The molecule has 0 spiro atoms. The molecular formula is C15H26N4O. The second-order valence-corrected chi connectivity index (χ2v) is 5.87. The van der Waals surface area contributed by atoms with E-state index >= 15 is 0 Å². The van der Waals surface area contributed by atoms with E-state index in [0.717, 1.165) is 42.7 Å². The second kappa shape index (κ2) is 6.39. The highest BCUT2D eigenvalue weighted by molar-refractivity contribution is 5.57. The number of hydrogen-bond donors (Lipinski definition) is 2. The molecule has 1 aliphatic rings. The number of ether oxygens (including phenoxy) is 1. The van der Waals surface area contributed by atoms with Gasteiger partial charge in [-0.3, -0.25) is 0 Å². The molecule has 5 heteroatoms. The van der Waals surface area contributed by atoms with E-state index in [9.17, 15) is 0 Å². The fourth-order valence-electron chi connectivity index (χ4n) is 2.46. The van der Waals surface area contributed by atoms with Gasteiger partial charge in [0.2, 0.25) is 0 Å². The molecule has 112 valence electrons. The maximum Gasteiger partial charge on any atom is 0.135 e.